The number of nitrogens with one attached hydrogen (secondary N) is 1. The van der Waals surface area contributed by atoms with Gasteiger partial charge in [-0.25, -0.2) is 18.4 Å². The minimum Gasteiger partial charge on any atom is -0.452 e. The van der Waals surface area contributed by atoms with Crippen LogP contribution in [0, 0.1) is 6.92 Å². The van der Waals surface area contributed by atoms with Gasteiger partial charge in [-0.3, -0.25) is 4.79 Å². The number of anilines is 2. The maximum atomic E-state index is 11.9. The number of carbonyl (C=O) groups excluding carboxylic acids is 2. The van der Waals surface area contributed by atoms with Crippen molar-refractivity contribution >= 4 is 44.9 Å². The molecule has 0 fully saturated rings. The van der Waals surface area contributed by atoms with Gasteiger partial charge in [-0.1, -0.05) is 17.7 Å². The summed E-state index contributed by atoms with van der Waals surface area (Å²) in [6.07, 6.45) is 0. The third-order valence-electron chi connectivity index (χ3n) is 3.35. The first-order valence-corrected chi connectivity index (χ1v) is 9.16. The van der Waals surface area contributed by atoms with E-state index in [1.807, 2.05) is 0 Å². The first kappa shape index (κ1) is 19.7. The van der Waals surface area contributed by atoms with Crippen LogP contribution in [0.25, 0.3) is 0 Å². The predicted molar refractivity (Wildman–Crippen MR) is 97.3 cm³/mol. The maximum absolute atomic E-state index is 11.9. The summed E-state index contributed by atoms with van der Waals surface area (Å²) in [6, 6.07) is 8.46. The zero-order valence-electron chi connectivity index (χ0n) is 13.7. The molecular formula is C16H16ClN3O5S. The second kappa shape index (κ2) is 7.73. The van der Waals surface area contributed by atoms with E-state index in [0.717, 1.165) is 0 Å². The first-order valence-electron chi connectivity index (χ1n) is 7.23. The highest BCUT2D eigenvalue weighted by atomic mass is 35.5. The fraction of sp³-hybridized carbons (Fsp3) is 0.125. The summed E-state index contributed by atoms with van der Waals surface area (Å²) in [5.41, 5.74) is 6.51. The standard InChI is InChI=1S/C16H16ClN3O5S/c1-9-2-4-11(7-14(9)26(19,23)24)20-15(21)8-25-16(22)12-5-3-10(17)6-13(12)18/h2-7H,8,18H2,1H3,(H,20,21)(H2,19,23,24). The van der Waals surface area contributed by atoms with E-state index in [9.17, 15) is 18.0 Å². The minimum atomic E-state index is -3.92. The molecule has 0 saturated carbocycles. The van der Waals surface area contributed by atoms with Crippen LogP contribution in [-0.4, -0.2) is 26.9 Å². The molecule has 10 heteroatoms. The lowest BCUT2D eigenvalue weighted by molar-refractivity contribution is -0.119. The van der Waals surface area contributed by atoms with Gasteiger partial charge in [0, 0.05) is 16.4 Å². The van der Waals surface area contributed by atoms with Crippen LogP contribution in [0.1, 0.15) is 15.9 Å². The fourth-order valence-corrected chi connectivity index (χ4v) is 3.10. The molecule has 0 unspecified atom stereocenters. The van der Waals surface area contributed by atoms with Gasteiger partial charge in [0.15, 0.2) is 6.61 Å². The Kier molecular flexibility index (Phi) is 5.86. The van der Waals surface area contributed by atoms with Gasteiger partial charge in [0.05, 0.1) is 10.5 Å². The van der Waals surface area contributed by atoms with Gasteiger partial charge < -0.3 is 15.8 Å². The van der Waals surface area contributed by atoms with Crippen LogP contribution in [0.5, 0.6) is 0 Å². The molecule has 2 aromatic rings. The minimum absolute atomic E-state index is 0.0778. The van der Waals surface area contributed by atoms with Crippen molar-refractivity contribution < 1.29 is 22.7 Å². The Balaban J connectivity index is 2.02. The van der Waals surface area contributed by atoms with Crippen LogP contribution >= 0.6 is 11.6 Å². The van der Waals surface area contributed by atoms with E-state index in [2.05, 4.69) is 5.32 Å². The number of hydrogen-bond acceptors (Lipinski definition) is 6. The summed E-state index contributed by atoms with van der Waals surface area (Å²) in [4.78, 5) is 23.7. The summed E-state index contributed by atoms with van der Waals surface area (Å²) >= 11 is 5.75. The third kappa shape index (κ3) is 4.94. The zero-order valence-corrected chi connectivity index (χ0v) is 15.2. The molecule has 1 amide bonds. The monoisotopic (exact) mass is 397 g/mol. The number of carbonyl (C=O) groups is 2. The molecule has 138 valence electrons. The van der Waals surface area contributed by atoms with E-state index in [1.54, 1.807) is 6.92 Å². The number of sulfonamides is 1. The van der Waals surface area contributed by atoms with Gasteiger partial charge in [0.2, 0.25) is 10.0 Å². The van der Waals surface area contributed by atoms with Gasteiger partial charge in [-0.05, 0) is 42.8 Å². The molecule has 5 N–H and O–H groups in total. The van der Waals surface area contributed by atoms with Gasteiger partial charge in [0.25, 0.3) is 5.91 Å². The van der Waals surface area contributed by atoms with Crippen LogP contribution in [-0.2, 0) is 19.6 Å². The molecule has 0 heterocycles. The Bertz CT molecular complexity index is 976. The predicted octanol–water partition coefficient (Wildman–Crippen LogP) is 1.67. The van der Waals surface area contributed by atoms with Crippen molar-refractivity contribution in [1.82, 2.24) is 0 Å². The fourth-order valence-electron chi connectivity index (χ4n) is 2.11. The zero-order chi connectivity index (χ0) is 19.5. The number of halogens is 1. The van der Waals surface area contributed by atoms with Crippen LogP contribution < -0.4 is 16.2 Å². The molecular weight excluding hydrogens is 382 g/mol. The van der Waals surface area contributed by atoms with Crippen LogP contribution in [0.2, 0.25) is 5.02 Å². The first-order chi connectivity index (χ1) is 12.1. The van der Waals surface area contributed by atoms with Crippen molar-refractivity contribution in [1.29, 1.82) is 0 Å². The van der Waals surface area contributed by atoms with E-state index >= 15 is 0 Å². The Labute approximate surface area is 155 Å². The molecule has 0 aromatic heterocycles. The van der Waals surface area contributed by atoms with Crippen molar-refractivity contribution in [2.24, 2.45) is 5.14 Å². The summed E-state index contributed by atoms with van der Waals surface area (Å²) < 4.78 is 27.9. The van der Waals surface area contributed by atoms with E-state index in [4.69, 9.17) is 27.2 Å². The highest BCUT2D eigenvalue weighted by Gasteiger charge is 2.15. The summed E-state index contributed by atoms with van der Waals surface area (Å²) in [7, 11) is -3.92. The highest BCUT2D eigenvalue weighted by molar-refractivity contribution is 7.89. The van der Waals surface area contributed by atoms with Crippen LogP contribution in [0.3, 0.4) is 0 Å². The molecule has 0 saturated heterocycles. The highest BCUT2D eigenvalue weighted by Crippen LogP contribution is 2.20. The molecule has 0 bridgehead atoms. The smallest absolute Gasteiger partial charge is 0.340 e. The van der Waals surface area contributed by atoms with Crippen LogP contribution in [0.15, 0.2) is 41.3 Å². The third-order valence-corrected chi connectivity index (χ3v) is 4.63. The van der Waals surface area contributed by atoms with Crippen molar-refractivity contribution in [3.05, 3.63) is 52.5 Å². The van der Waals surface area contributed by atoms with E-state index in [-0.39, 0.29) is 21.8 Å². The second-order valence-electron chi connectivity index (χ2n) is 5.38. The number of primary sulfonamides is 1. The van der Waals surface area contributed by atoms with Crippen molar-refractivity contribution in [2.75, 3.05) is 17.7 Å². The molecule has 26 heavy (non-hydrogen) atoms. The van der Waals surface area contributed by atoms with E-state index in [0.29, 0.717) is 10.6 Å². The number of rotatable bonds is 5. The van der Waals surface area contributed by atoms with E-state index < -0.39 is 28.5 Å². The Morgan fingerprint density at radius 3 is 2.50 bits per heavy atom. The molecule has 0 aliphatic carbocycles. The summed E-state index contributed by atoms with van der Waals surface area (Å²) in [5.74, 6) is -1.45. The lowest BCUT2D eigenvalue weighted by Gasteiger charge is -2.10. The molecule has 2 rings (SSSR count). The largest absolute Gasteiger partial charge is 0.452 e. The number of benzene rings is 2. The number of amides is 1. The molecule has 8 nitrogen and oxygen atoms in total. The number of nitrogens with two attached hydrogens (primary N) is 2. The normalized spacial score (nSPS) is 11.0. The van der Waals surface area contributed by atoms with Crippen LogP contribution in [0.4, 0.5) is 11.4 Å². The average Bonchev–Trinajstić information content (AvgIpc) is 2.53. The lowest BCUT2D eigenvalue weighted by atomic mass is 10.2. The Morgan fingerprint density at radius 1 is 1.19 bits per heavy atom. The molecule has 0 aliphatic rings. The second-order valence-corrected chi connectivity index (χ2v) is 7.35. The molecule has 2 aromatic carbocycles. The average molecular weight is 398 g/mol. The topological polar surface area (TPSA) is 142 Å². The molecule has 0 atom stereocenters. The summed E-state index contributed by atoms with van der Waals surface area (Å²) in [6.45, 7) is 0.989. The molecule has 0 spiro atoms. The number of aryl methyl sites for hydroxylation is 1. The van der Waals surface area contributed by atoms with E-state index in [1.165, 1.54) is 36.4 Å². The number of hydrogen-bond donors (Lipinski definition) is 3. The quantitative estimate of drug-likeness (QED) is 0.517. The van der Waals surface area contributed by atoms with Gasteiger partial charge in [-0.15, -0.1) is 0 Å². The van der Waals surface area contributed by atoms with Gasteiger partial charge in [0.1, 0.15) is 0 Å². The van der Waals surface area contributed by atoms with Crippen molar-refractivity contribution in [2.45, 2.75) is 11.8 Å². The van der Waals surface area contributed by atoms with Crippen molar-refractivity contribution in [3.63, 3.8) is 0 Å². The Hall–Kier alpha value is -2.62. The van der Waals surface area contributed by atoms with Gasteiger partial charge >= 0.3 is 5.97 Å². The lowest BCUT2D eigenvalue weighted by Crippen LogP contribution is -2.22. The number of esters is 1. The number of nitrogen functional groups attached to an aromatic ring is 1. The van der Waals surface area contributed by atoms with Crippen molar-refractivity contribution in [3.8, 4) is 0 Å². The summed E-state index contributed by atoms with van der Waals surface area (Å²) in [5, 5.41) is 7.90. The Morgan fingerprint density at radius 2 is 1.88 bits per heavy atom. The SMILES string of the molecule is Cc1ccc(NC(=O)COC(=O)c2ccc(Cl)cc2N)cc1S(N)(=O)=O. The molecule has 0 radical (unpaired) electrons. The van der Waals surface area contributed by atoms with Gasteiger partial charge in [-0.2, -0.15) is 0 Å². The molecule has 0 aliphatic heterocycles. The maximum Gasteiger partial charge on any atom is 0.340 e. The number of ether oxygens (including phenoxy) is 1.